The second kappa shape index (κ2) is 9.54. The number of anilines is 1. The fourth-order valence-electron chi connectivity index (χ4n) is 2.75. The lowest BCUT2D eigenvalue weighted by molar-refractivity contribution is -0.137. The van der Waals surface area contributed by atoms with Crippen molar-refractivity contribution in [1.82, 2.24) is 20.5 Å². The lowest BCUT2D eigenvalue weighted by Crippen LogP contribution is -2.45. The first-order valence-electron chi connectivity index (χ1n) is 8.88. The number of hydrogen-bond acceptors (Lipinski definition) is 5. The van der Waals surface area contributed by atoms with Crippen LogP contribution in [0, 0.1) is 0 Å². The molecule has 1 aliphatic rings. The van der Waals surface area contributed by atoms with E-state index in [0.29, 0.717) is 38.5 Å². The molecule has 10 heteroatoms. The Morgan fingerprint density at radius 3 is 2.59 bits per heavy atom. The Morgan fingerprint density at radius 1 is 1.19 bits per heavy atom. The number of rotatable bonds is 5. The zero-order valence-corrected chi connectivity index (χ0v) is 15.2. The summed E-state index contributed by atoms with van der Waals surface area (Å²) in [5.74, 6) is 0.0953. The molecule has 0 saturated carbocycles. The number of pyridine rings is 1. The third-order valence-electron chi connectivity index (χ3n) is 4.14. The van der Waals surface area contributed by atoms with Gasteiger partial charge in [0.1, 0.15) is 5.82 Å². The van der Waals surface area contributed by atoms with E-state index in [2.05, 4.69) is 15.6 Å². The molecule has 3 amide bonds. The highest BCUT2D eigenvalue weighted by molar-refractivity contribution is 5.95. The number of urea groups is 1. The normalized spacial score (nSPS) is 15.9. The monoisotopic (exact) mass is 387 g/mol. The molecule has 1 fully saturated rings. The SMILES string of the molecule is CCCNC(=O)NC(=O)CN1CCCN(c2ccc(C(F)(F)F)cn2)CC1. The van der Waals surface area contributed by atoms with Crippen molar-refractivity contribution in [2.45, 2.75) is 25.9 Å². The molecule has 0 bridgehead atoms. The maximum Gasteiger partial charge on any atom is 0.417 e. The molecule has 150 valence electrons. The van der Waals surface area contributed by atoms with Gasteiger partial charge < -0.3 is 10.2 Å². The summed E-state index contributed by atoms with van der Waals surface area (Å²) in [7, 11) is 0. The fraction of sp³-hybridized carbons (Fsp3) is 0.588. The van der Waals surface area contributed by atoms with E-state index in [0.717, 1.165) is 25.1 Å². The summed E-state index contributed by atoms with van der Waals surface area (Å²) in [6.07, 6.45) is -2.06. The Hall–Kier alpha value is -2.36. The maximum absolute atomic E-state index is 12.6. The Bertz CT molecular complexity index is 636. The summed E-state index contributed by atoms with van der Waals surface area (Å²) in [5.41, 5.74) is -0.777. The van der Waals surface area contributed by atoms with E-state index in [9.17, 15) is 22.8 Å². The Kier molecular flexibility index (Phi) is 7.40. The van der Waals surface area contributed by atoms with Crippen LogP contribution in [0.5, 0.6) is 0 Å². The number of halogens is 3. The molecule has 0 unspecified atom stereocenters. The molecule has 27 heavy (non-hydrogen) atoms. The predicted octanol–water partition coefficient (Wildman–Crippen LogP) is 1.85. The van der Waals surface area contributed by atoms with Gasteiger partial charge in [0.05, 0.1) is 12.1 Å². The molecule has 1 aromatic rings. The van der Waals surface area contributed by atoms with Crippen molar-refractivity contribution in [3.05, 3.63) is 23.9 Å². The Labute approximate surface area is 155 Å². The van der Waals surface area contributed by atoms with Gasteiger partial charge in [-0.05, 0) is 25.0 Å². The zero-order valence-electron chi connectivity index (χ0n) is 15.2. The van der Waals surface area contributed by atoms with Gasteiger partial charge in [0.15, 0.2) is 0 Å². The van der Waals surface area contributed by atoms with E-state index >= 15 is 0 Å². The molecule has 2 N–H and O–H groups in total. The highest BCUT2D eigenvalue weighted by atomic mass is 19.4. The van der Waals surface area contributed by atoms with Gasteiger partial charge in [-0.25, -0.2) is 9.78 Å². The predicted molar refractivity (Wildman–Crippen MR) is 94.3 cm³/mol. The number of amides is 3. The van der Waals surface area contributed by atoms with Gasteiger partial charge in [-0.2, -0.15) is 13.2 Å². The molecule has 0 radical (unpaired) electrons. The average molecular weight is 387 g/mol. The van der Waals surface area contributed by atoms with Crippen LogP contribution < -0.4 is 15.5 Å². The largest absolute Gasteiger partial charge is 0.417 e. The Morgan fingerprint density at radius 2 is 1.96 bits per heavy atom. The lowest BCUT2D eigenvalue weighted by atomic mass is 10.2. The van der Waals surface area contributed by atoms with E-state index in [4.69, 9.17) is 0 Å². The summed E-state index contributed by atoms with van der Waals surface area (Å²) >= 11 is 0. The molecule has 0 aliphatic carbocycles. The highest BCUT2D eigenvalue weighted by Crippen LogP contribution is 2.29. The van der Waals surface area contributed by atoms with Crippen molar-refractivity contribution >= 4 is 17.8 Å². The summed E-state index contributed by atoms with van der Waals surface area (Å²) < 4.78 is 37.9. The van der Waals surface area contributed by atoms with E-state index in [-0.39, 0.29) is 12.5 Å². The molecule has 1 aliphatic heterocycles. The lowest BCUT2D eigenvalue weighted by Gasteiger charge is -2.22. The number of hydrogen-bond donors (Lipinski definition) is 2. The van der Waals surface area contributed by atoms with Gasteiger partial charge >= 0.3 is 12.2 Å². The van der Waals surface area contributed by atoms with Gasteiger partial charge in [0.2, 0.25) is 5.91 Å². The maximum atomic E-state index is 12.6. The third kappa shape index (κ3) is 6.70. The van der Waals surface area contributed by atoms with Crippen LogP contribution in [0.4, 0.5) is 23.8 Å². The number of carbonyl (C=O) groups is 2. The van der Waals surface area contributed by atoms with Crippen LogP contribution in [0.2, 0.25) is 0 Å². The van der Waals surface area contributed by atoms with Crippen molar-refractivity contribution in [2.75, 3.05) is 44.2 Å². The van der Waals surface area contributed by atoms with Crippen molar-refractivity contribution < 1.29 is 22.8 Å². The molecule has 1 saturated heterocycles. The van der Waals surface area contributed by atoms with Crippen LogP contribution in [-0.2, 0) is 11.0 Å². The van der Waals surface area contributed by atoms with Crippen molar-refractivity contribution in [3.63, 3.8) is 0 Å². The van der Waals surface area contributed by atoms with E-state index < -0.39 is 17.8 Å². The summed E-state index contributed by atoms with van der Waals surface area (Å²) in [6.45, 7) is 4.87. The molecule has 7 nitrogen and oxygen atoms in total. The van der Waals surface area contributed by atoms with Crippen LogP contribution in [0.1, 0.15) is 25.3 Å². The minimum Gasteiger partial charge on any atom is -0.355 e. The average Bonchev–Trinajstić information content (AvgIpc) is 2.85. The molecule has 0 spiro atoms. The van der Waals surface area contributed by atoms with E-state index in [1.807, 2.05) is 16.7 Å². The van der Waals surface area contributed by atoms with Gasteiger partial charge in [-0.15, -0.1) is 0 Å². The highest BCUT2D eigenvalue weighted by Gasteiger charge is 2.31. The molecule has 2 rings (SSSR count). The second-order valence-corrected chi connectivity index (χ2v) is 6.32. The van der Waals surface area contributed by atoms with Crippen molar-refractivity contribution in [1.29, 1.82) is 0 Å². The van der Waals surface area contributed by atoms with Crippen LogP contribution in [0.15, 0.2) is 18.3 Å². The molecule has 2 heterocycles. The van der Waals surface area contributed by atoms with E-state index in [1.54, 1.807) is 0 Å². The fourth-order valence-corrected chi connectivity index (χ4v) is 2.75. The first-order valence-corrected chi connectivity index (χ1v) is 8.88. The first-order chi connectivity index (χ1) is 12.8. The molecule has 1 aromatic heterocycles. The van der Waals surface area contributed by atoms with Crippen molar-refractivity contribution in [2.24, 2.45) is 0 Å². The standard InChI is InChI=1S/C17H24F3N5O2/c1-2-6-21-16(27)23-15(26)12-24-7-3-8-25(10-9-24)14-5-4-13(11-22-14)17(18,19)20/h4-5,11H,2-3,6-10,12H2,1H3,(H2,21,23,26,27). The number of nitrogens with zero attached hydrogens (tertiary/aromatic N) is 3. The number of aromatic nitrogens is 1. The molecular weight excluding hydrogens is 363 g/mol. The number of imide groups is 1. The number of carbonyl (C=O) groups excluding carboxylic acids is 2. The first kappa shape index (κ1) is 20.9. The van der Waals surface area contributed by atoms with Gasteiger partial charge in [0.25, 0.3) is 0 Å². The molecular formula is C17H24F3N5O2. The van der Waals surface area contributed by atoms with Crippen LogP contribution in [0.3, 0.4) is 0 Å². The summed E-state index contributed by atoms with van der Waals surface area (Å²) in [4.78, 5) is 31.2. The van der Waals surface area contributed by atoms with Gasteiger partial charge in [-0.1, -0.05) is 6.92 Å². The quantitative estimate of drug-likeness (QED) is 0.806. The topological polar surface area (TPSA) is 77.6 Å². The molecule has 0 atom stereocenters. The van der Waals surface area contributed by atoms with Gasteiger partial charge in [0, 0.05) is 38.9 Å². The zero-order chi connectivity index (χ0) is 19.9. The Balaban J connectivity index is 1.84. The number of alkyl halides is 3. The van der Waals surface area contributed by atoms with Crippen LogP contribution in [-0.4, -0.2) is 61.1 Å². The minimum absolute atomic E-state index is 0.0911. The summed E-state index contributed by atoms with van der Waals surface area (Å²) in [5, 5.41) is 4.85. The van der Waals surface area contributed by atoms with Gasteiger partial charge in [-0.3, -0.25) is 15.0 Å². The second-order valence-electron chi connectivity index (χ2n) is 6.32. The van der Waals surface area contributed by atoms with E-state index in [1.165, 1.54) is 6.07 Å². The minimum atomic E-state index is -4.40. The van der Waals surface area contributed by atoms with Crippen LogP contribution >= 0.6 is 0 Å². The summed E-state index contributed by atoms with van der Waals surface area (Å²) in [6, 6.07) is 1.88. The van der Waals surface area contributed by atoms with Crippen molar-refractivity contribution in [3.8, 4) is 0 Å². The number of nitrogens with one attached hydrogen (secondary N) is 2. The smallest absolute Gasteiger partial charge is 0.355 e. The third-order valence-corrected chi connectivity index (χ3v) is 4.14. The van der Waals surface area contributed by atoms with Crippen LogP contribution in [0.25, 0.3) is 0 Å². The molecule has 0 aromatic carbocycles.